The lowest BCUT2D eigenvalue weighted by atomic mass is 10.3. The maximum absolute atomic E-state index is 10.6. The van der Waals surface area contributed by atoms with E-state index in [1.165, 1.54) is 4.90 Å². The number of aliphatic hydroxyl groups excluding tert-OH is 2. The fourth-order valence-electron chi connectivity index (χ4n) is 0.913. The van der Waals surface area contributed by atoms with E-state index in [4.69, 9.17) is 10.2 Å². The third-order valence-electron chi connectivity index (χ3n) is 1.51. The van der Waals surface area contributed by atoms with E-state index < -0.39 is 12.2 Å². The van der Waals surface area contributed by atoms with Crippen LogP contribution >= 0.6 is 22.6 Å². The van der Waals surface area contributed by atoms with Crippen molar-refractivity contribution in [2.45, 2.75) is 12.2 Å². The Morgan fingerprint density at radius 1 is 1.40 bits per heavy atom. The molecule has 1 rings (SSSR count). The normalized spacial score (nSPS) is 32.9. The molecule has 2 atom stereocenters. The average molecular weight is 257 g/mol. The van der Waals surface area contributed by atoms with Crippen LogP contribution < -0.4 is 0 Å². The Morgan fingerprint density at radius 2 is 1.80 bits per heavy atom. The van der Waals surface area contributed by atoms with Gasteiger partial charge in [0.05, 0.1) is 25.3 Å². The van der Waals surface area contributed by atoms with Gasteiger partial charge in [-0.05, 0) is 0 Å². The van der Waals surface area contributed by atoms with Crippen LogP contribution in [0, 0.1) is 0 Å². The molecular weight excluding hydrogens is 249 g/mol. The van der Waals surface area contributed by atoms with E-state index in [0.717, 1.165) is 0 Å². The van der Waals surface area contributed by atoms with Crippen LogP contribution in [0.1, 0.15) is 0 Å². The van der Waals surface area contributed by atoms with E-state index in [-0.39, 0.29) is 17.0 Å². The first kappa shape index (κ1) is 8.22. The Balaban J connectivity index is 2.49. The molecule has 0 aromatic carbocycles. The second-order valence-corrected chi connectivity index (χ2v) is 3.22. The van der Waals surface area contributed by atoms with Crippen LogP contribution in [0.15, 0.2) is 0 Å². The summed E-state index contributed by atoms with van der Waals surface area (Å²) < 4.78 is -0.131. The number of rotatable bonds is 0. The van der Waals surface area contributed by atoms with E-state index in [1.54, 1.807) is 22.6 Å². The molecular formula is C5H8INO3. The summed E-state index contributed by atoms with van der Waals surface area (Å²) in [6, 6.07) is 0. The largest absolute Gasteiger partial charge is 0.388 e. The van der Waals surface area contributed by atoms with Gasteiger partial charge in [-0.2, -0.15) is 0 Å². The van der Waals surface area contributed by atoms with Crippen LogP contribution in [-0.4, -0.2) is 44.3 Å². The Kier molecular flexibility index (Phi) is 2.48. The van der Waals surface area contributed by atoms with Crippen molar-refractivity contribution in [2.24, 2.45) is 0 Å². The third kappa shape index (κ3) is 1.58. The lowest BCUT2D eigenvalue weighted by Crippen LogP contribution is -2.23. The molecule has 1 heterocycles. The van der Waals surface area contributed by atoms with Crippen molar-refractivity contribution in [3.05, 3.63) is 0 Å². The molecule has 0 aliphatic carbocycles. The summed E-state index contributed by atoms with van der Waals surface area (Å²) in [6.07, 6.45) is -1.53. The quantitative estimate of drug-likeness (QED) is 0.352. The standard InChI is InChI=1S/C5H8INO3/c6-5(10)7-1-3(8)4(9)2-7/h3-4,8-9H,1-2H2/t3-,4-/m0/s1. The smallest absolute Gasteiger partial charge is 0.283 e. The minimum Gasteiger partial charge on any atom is -0.388 e. The fourth-order valence-corrected chi connectivity index (χ4v) is 1.31. The predicted molar refractivity (Wildman–Crippen MR) is 43.0 cm³/mol. The second-order valence-electron chi connectivity index (χ2n) is 2.29. The molecule has 1 aliphatic heterocycles. The number of carbonyl (C=O) groups excluding carboxylic acids is 1. The van der Waals surface area contributed by atoms with Gasteiger partial charge in [0.2, 0.25) is 0 Å². The van der Waals surface area contributed by atoms with Crippen LogP contribution in [0.25, 0.3) is 0 Å². The summed E-state index contributed by atoms with van der Waals surface area (Å²) in [4.78, 5) is 12.0. The van der Waals surface area contributed by atoms with E-state index in [9.17, 15) is 4.79 Å². The van der Waals surface area contributed by atoms with Crippen molar-refractivity contribution in [3.63, 3.8) is 0 Å². The van der Waals surface area contributed by atoms with Gasteiger partial charge in [-0.1, -0.05) is 0 Å². The summed E-state index contributed by atoms with van der Waals surface area (Å²) in [5, 5.41) is 17.9. The number of β-amino-alcohol motifs (C(OH)–C–C–N with tert-alkyl or cyclic N) is 2. The lowest BCUT2D eigenvalue weighted by Gasteiger charge is -2.09. The zero-order valence-corrected chi connectivity index (χ0v) is 7.35. The number of amides is 1. The van der Waals surface area contributed by atoms with Crippen molar-refractivity contribution in [2.75, 3.05) is 13.1 Å². The molecule has 1 aliphatic rings. The van der Waals surface area contributed by atoms with Crippen LogP contribution in [0.4, 0.5) is 4.79 Å². The highest BCUT2D eigenvalue weighted by atomic mass is 127. The van der Waals surface area contributed by atoms with Crippen LogP contribution in [0.5, 0.6) is 0 Å². The van der Waals surface area contributed by atoms with Gasteiger partial charge in [-0.15, -0.1) is 0 Å². The highest BCUT2D eigenvalue weighted by Crippen LogP contribution is 2.12. The van der Waals surface area contributed by atoms with Crippen molar-refractivity contribution >= 4 is 26.5 Å². The van der Waals surface area contributed by atoms with E-state index in [2.05, 4.69) is 0 Å². The molecule has 1 amide bonds. The maximum Gasteiger partial charge on any atom is 0.283 e. The van der Waals surface area contributed by atoms with Crippen LogP contribution in [0.3, 0.4) is 0 Å². The molecule has 0 spiro atoms. The van der Waals surface area contributed by atoms with Gasteiger partial charge in [0.1, 0.15) is 0 Å². The fraction of sp³-hybridized carbons (Fsp3) is 0.800. The van der Waals surface area contributed by atoms with Crippen molar-refractivity contribution in [1.82, 2.24) is 4.90 Å². The number of carbonyl (C=O) groups is 1. The number of nitrogens with zero attached hydrogens (tertiary/aromatic N) is 1. The highest BCUT2D eigenvalue weighted by Gasteiger charge is 2.31. The monoisotopic (exact) mass is 257 g/mol. The molecule has 0 radical (unpaired) electrons. The number of hydrogen-bond donors (Lipinski definition) is 2. The van der Waals surface area contributed by atoms with Crippen molar-refractivity contribution in [3.8, 4) is 0 Å². The number of aliphatic hydroxyl groups is 2. The van der Waals surface area contributed by atoms with Gasteiger partial charge in [-0.3, -0.25) is 4.79 Å². The Hall–Kier alpha value is 0.120. The Bertz CT molecular complexity index is 142. The minimum absolute atomic E-state index is 0.131. The molecule has 0 unspecified atom stereocenters. The van der Waals surface area contributed by atoms with E-state index in [1.807, 2.05) is 0 Å². The second kappa shape index (κ2) is 3.02. The zero-order chi connectivity index (χ0) is 7.72. The lowest BCUT2D eigenvalue weighted by molar-refractivity contribution is 0.0572. The van der Waals surface area contributed by atoms with Gasteiger partial charge < -0.3 is 15.1 Å². The first-order valence-corrected chi connectivity index (χ1v) is 3.99. The van der Waals surface area contributed by atoms with Crippen LogP contribution in [0.2, 0.25) is 0 Å². The van der Waals surface area contributed by atoms with Gasteiger partial charge in [0, 0.05) is 22.6 Å². The molecule has 0 saturated carbocycles. The molecule has 4 nitrogen and oxygen atoms in total. The predicted octanol–water partition coefficient (Wildman–Crippen LogP) is -0.421. The zero-order valence-electron chi connectivity index (χ0n) is 5.20. The van der Waals surface area contributed by atoms with Gasteiger partial charge in [-0.25, -0.2) is 0 Å². The summed E-state index contributed by atoms with van der Waals surface area (Å²) in [6.45, 7) is 0.506. The highest BCUT2D eigenvalue weighted by molar-refractivity contribution is 14.1. The summed E-state index contributed by atoms with van der Waals surface area (Å²) >= 11 is 1.63. The molecule has 5 heteroatoms. The molecule has 0 bridgehead atoms. The Morgan fingerprint density at radius 3 is 2.00 bits per heavy atom. The average Bonchev–Trinajstić information content (AvgIpc) is 2.13. The van der Waals surface area contributed by atoms with Crippen molar-refractivity contribution < 1.29 is 15.0 Å². The van der Waals surface area contributed by atoms with Gasteiger partial charge >= 0.3 is 0 Å². The van der Waals surface area contributed by atoms with Crippen LogP contribution in [-0.2, 0) is 0 Å². The number of likely N-dealkylation sites (tertiary alicyclic amines) is 1. The van der Waals surface area contributed by atoms with E-state index in [0.29, 0.717) is 0 Å². The third-order valence-corrected chi connectivity index (χ3v) is 2.19. The molecule has 0 aromatic heterocycles. The van der Waals surface area contributed by atoms with Gasteiger partial charge in [0.15, 0.2) is 0 Å². The first-order valence-electron chi connectivity index (χ1n) is 2.92. The first-order chi connectivity index (χ1) is 4.61. The Labute approximate surface area is 72.0 Å². The molecule has 10 heavy (non-hydrogen) atoms. The maximum atomic E-state index is 10.6. The molecule has 58 valence electrons. The molecule has 0 aromatic rings. The molecule has 1 fully saturated rings. The van der Waals surface area contributed by atoms with E-state index >= 15 is 0 Å². The summed E-state index contributed by atoms with van der Waals surface area (Å²) in [7, 11) is 0. The SMILES string of the molecule is O=C(I)N1C[C@H](O)[C@@H](O)C1. The molecule has 1 saturated heterocycles. The summed E-state index contributed by atoms with van der Waals surface area (Å²) in [5.74, 6) is 0. The number of halogens is 1. The van der Waals surface area contributed by atoms with Gasteiger partial charge in [0.25, 0.3) is 3.91 Å². The minimum atomic E-state index is -0.765. The molecule has 2 N–H and O–H groups in total. The summed E-state index contributed by atoms with van der Waals surface area (Å²) in [5.41, 5.74) is 0. The van der Waals surface area contributed by atoms with Crippen molar-refractivity contribution in [1.29, 1.82) is 0 Å². The topological polar surface area (TPSA) is 60.8 Å². The number of hydrogen-bond acceptors (Lipinski definition) is 3.